The minimum atomic E-state index is -1.15. The monoisotopic (exact) mass is 472 g/mol. The van der Waals surface area contributed by atoms with E-state index in [4.69, 9.17) is 14.2 Å². The third-order valence-corrected chi connectivity index (χ3v) is 7.23. The van der Waals surface area contributed by atoms with Gasteiger partial charge < -0.3 is 29.1 Å². The fraction of sp³-hybridized carbons (Fsp3) is 0.560. The van der Waals surface area contributed by atoms with Crippen molar-refractivity contribution < 1.29 is 33.7 Å². The van der Waals surface area contributed by atoms with Crippen LogP contribution in [0, 0.1) is 11.8 Å². The lowest BCUT2D eigenvalue weighted by atomic mass is 9.70. The molecule has 3 aliphatic heterocycles. The molecule has 1 aromatic rings. The average molecular weight is 473 g/mol. The summed E-state index contributed by atoms with van der Waals surface area (Å²) in [7, 11) is 1.56. The number of carbonyl (C=O) groups excluding carboxylic acids is 3. The Labute approximate surface area is 199 Å². The standard InChI is InChI=1S/C25H32N2O7/c1-5-13-26(16-7-9-17(32-4)10-8-16)23(30)21-25-12-11-18(34-25)19(24(31)33-6-2)20(25)22(29)27(21)15(3)14-28/h5,7-10,15,18-21,28H,1,6,11-14H2,2-4H3/t15-,18+,19-,20+,21?,25?/m1/s1. The Kier molecular flexibility index (Phi) is 6.69. The zero-order valence-electron chi connectivity index (χ0n) is 19.8. The molecule has 34 heavy (non-hydrogen) atoms. The van der Waals surface area contributed by atoms with E-state index in [9.17, 15) is 19.5 Å². The van der Waals surface area contributed by atoms with Gasteiger partial charge in [0.05, 0.1) is 44.3 Å². The van der Waals surface area contributed by atoms with Crippen molar-refractivity contribution in [2.45, 2.75) is 50.5 Å². The normalized spacial score (nSPS) is 30.1. The summed E-state index contributed by atoms with van der Waals surface area (Å²) in [5, 5.41) is 9.94. The second kappa shape index (κ2) is 9.38. The molecular weight excluding hydrogens is 440 g/mol. The number of carbonyl (C=O) groups is 3. The Hall–Kier alpha value is -2.91. The van der Waals surface area contributed by atoms with Crippen molar-refractivity contribution in [1.29, 1.82) is 0 Å². The molecule has 0 aliphatic carbocycles. The van der Waals surface area contributed by atoms with Gasteiger partial charge in [-0.2, -0.15) is 0 Å². The number of hydrogen-bond acceptors (Lipinski definition) is 7. The number of benzene rings is 1. The van der Waals surface area contributed by atoms with Crippen LogP contribution in [0.5, 0.6) is 5.75 Å². The average Bonchev–Trinajstić information content (AvgIpc) is 3.49. The van der Waals surface area contributed by atoms with Gasteiger partial charge in [-0.15, -0.1) is 6.58 Å². The number of anilines is 1. The second-order valence-corrected chi connectivity index (χ2v) is 9.02. The maximum atomic E-state index is 14.2. The molecular formula is C25H32N2O7. The van der Waals surface area contributed by atoms with Crippen LogP contribution >= 0.6 is 0 Å². The molecule has 2 amide bonds. The third-order valence-electron chi connectivity index (χ3n) is 7.23. The summed E-state index contributed by atoms with van der Waals surface area (Å²) in [6.07, 6.45) is 2.17. The van der Waals surface area contributed by atoms with E-state index in [-0.39, 0.29) is 31.6 Å². The smallest absolute Gasteiger partial charge is 0.312 e. The number of esters is 1. The Morgan fingerprint density at radius 2 is 2.09 bits per heavy atom. The maximum absolute atomic E-state index is 14.2. The third kappa shape index (κ3) is 3.58. The van der Waals surface area contributed by atoms with Crippen LogP contribution in [0.25, 0.3) is 0 Å². The molecule has 1 aromatic carbocycles. The van der Waals surface area contributed by atoms with Crippen molar-refractivity contribution in [3.05, 3.63) is 36.9 Å². The van der Waals surface area contributed by atoms with Crippen LogP contribution < -0.4 is 9.64 Å². The summed E-state index contributed by atoms with van der Waals surface area (Å²) >= 11 is 0. The highest BCUT2D eigenvalue weighted by Gasteiger charge is 2.75. The minimum absolute atomic E-state index is 0.194. The second-order valence-electron chi connectivity index (χ2n) is 9.02. The molecule has 1 N–H and O–H groups in total. The fourth-order valence-electron chi connectivity index (χ4n) is 5.80. The number of methoxy groups -OCH3 is 1. The molecule has 0 radical (unpaired) electrons. The zero-order valence-corrected chi connectivity index (χ0v) is 19.8. The van der Waals surface area contributed by atoms with Crippen LogP contribution in [0.15, 0.2) is 36.9 Å². The molecule has 9 heteroatoms. The SMILES string of the molecule is C=CCN(C(=O)C1N([C@H](C)CO)C(=O)[C@@H]2[C@H](C(=O)OCC)[C@@H]3CCC12O3)c1ccc(OC)cc1. The minimum Gasteiger partial charge on any atom is -0.497 e. The van der Waals surface area contributed by atoms with Gasteiger partial charge in [0.2, 0.25) is 5.91 Å². The topological polar surface area (TPSA) is 106 Å². The number of ether oxygens (including phenoxy) is 3. The van der Waals surface area contributed by atoms with Gasteiger partial charge in [-0.1, -0.05) is 6.08 Å². The summed E-state index contributed by atoms with van der Waals surface area (Å²) in [4.78, 5) is 43.7. The summed E-state index contributed by atoms with van der Waals surface area (Å²) in [5.41, 5.74) is -0.532. The number of aliphatic hydroxyl groups is 1. The van der Waals surface area contributed by atoms with E-state index >= 15 is 0 Å². The molecule has 2 unspecified atom stereocenters. The lowest BCUT2D eigenvalue weighted by molar-refractivity contribution is -0.155. The Balaban J connectivity index is 1.77. The summed E-state index contributed by atoms with van der Waals surface area (Å²) in [6, 6.07) is 5.41. The molecule has 2 bridgehead atoms. The largest absolute Gasteiger partial charge is 0.497 e. The highest BCUT2D eigenvalue weighted by Crippen LogP contribution is 2.59. The molecule has 4 rings (SSSR count). The zero-order chi connectivity index (χ0) is 24.6. The number of aliphatic hydroxyl groups excluding tert-OH is 1. The van der Waals surface area contributed by atoms with E-state index in [1.807, 2.05) is 0 Å². The first-order valence-corrected chi connectivity index (χ1v) is 11.7. The van der Waals surface area contributed by atoms with Crippen LogP contribution in [-0.2, 0) is 23.9 Å². The molecule has 3 fully saturated rings. The number of hydrogen-bond donors (Lipinski definition) is 1. The van der Waals surface area contributed by atoms with Gasteiger partial charge in [0.15, 0.2) is 0 Å². The molecule has 3 saturated heterocycles. The highest BCUT2D eigenvalue weighted by molar-refractivity contribution is 6.04. The van der Waals surface area contributed by atoms with Crippen molar-refractivity contribution in [2.24, 2.45) is 11.8 Å². The summed E-state index contributed by atoms with van der Waals surface area (Å²) in [6.45, 7) is 7.27. The lowest BCUT2D eigenvalue weighted by Crippen LogP contribution is -2.58. The number of fused-ring (bicyclic) bond motifs is 1. The van der Waals surface area contributed by atoms with E-state index < -0.39 is 41.6 Å². The van der Waals surface area contributed by atoms with E-state index in [0.717, 1.165) is 0 Å². The first-order valence-electron chi connectivity index (χ1n) is 11.7. The molecule has 6 atom stereocenters. The Morgan fingerprint density at radius 3 is 2.68 bits per heavy atom. The Morgan fingerprint density at radius 1 is 1.38 bits per heavy atom. The van der Waals surface area contributed by atoms with Gasteiger partial charge in [0.1, 0.15) is 17.4 Å². The quantitative estimate of drug-likeness (QED) is 0.429. The summed E-state index contributed by atoms with van der Waals surface area (Å²) in [5.74, 6) is -2.11. The van der Waals surface area contributed by atoms with Crippen LogP contribution in [0.4, 0.5) is 5.69 Å². The molecule has 3 heterocycles. The van der Waals surface area contributed by atoms with Crippen molar-refractivity contribution in [3.63, 3.8) is 0 Å². The fourth-order valence-corrected chi connectivity index (χ4v) is 5.80. The molecule has 1 spiro atoms. The number of nitrogens with zero attached hydrogens (tertiary/aromatic N) is 2. The molecule has 3 aliphatic rings. The van der Waals surface area contributed by atoms with Crippen molar-refractivity contribution in [1.82, 2.24) is 4.90 Å². The maximum Gasteiger partial charge on any atom is 0.312 e. The number of likely N-dealkylation sites (tertiary alicyclic amines) is 1. The number of rotatable bonds is 9. The van der Waals surface area contributed by atoms with E-state index in [1.54, 1.807) is 56.2 Å². The predicted molar refractivity (Wildman–Crippen MR) is 123 cm³/mol. The van der Waals surface area contributed by atoms with Crippen LogP contribution in [-0.4, -0.2) is 78.4 Å². The van der Waals surface area contributed by atoms with Crippen LogP contribution in [0.1, 0.15) is 26.7 Å². The van der Waals surface area contributed by atoms with Gasteiger partial charge >= 0.3 is 5.97 Å². The number of amides is 2. The van der Waals surface area contributed by atoms with Gasteiger partial charge in [-0.25, -0.2) is 0 Å². The van der Waals surface area contributed by atoms with E-state index in [2.05, 4.69) is 6.58 Å². The predicted octanol–water partition coefficient (Wildman–Crippen LogP) is 1.53. The molecule has 0 aromatic heterocycles. The molecule has 0 saturated carbocycles. The van der Waals surface area contributed by atoms with Crippen LogP contribution in [0.3, 0.4) is 0 Å². The van der Waals surface area contributed by atoms with Crippen molar-refractivity contribution >= 4 is 23.5 Å². The van der Waals surface area contributed by atoms with E-state index in [0.29, 0.717) is 24.3 Å². The summed E-state index contributed by atoms with van der Waals surface area (Å²) < 4.78 is 16.9. The van der Waals surface area contributed by atoms with Gasteiger partial charge in [0, 0.05) is 12.2 Å². The molecule has 9 nitrogen and oxygen atoms in total. The van der Waals surface area contributed by atoms with Crippen molar-refractivity contribution in [2.75, 3.05) is 31.8 Å². The van der Waals surface area contributed by atoms with Gasteiger partial charge in [-0.3, -0.25) is 14.4 Å². The first kappa shape index (κ1) is 24.2. The molecule has 184 valence electrons. The Bertz CT molecular complexity index is 965. The first-order chi connectivity index (χ1) is 16.3. The van der Waals surface area contributed by atoms with Gasteiger partial charge in [-0.05, 0) is 51.0 Å². The van der Waals surface area contributed by atoms with Crippen LogP contribution in [0.2, 0.25) is 0 Å². The van der Waals surface area contributed by atoms with E-state index in [1.165, 1.54) is 4.90 Å². The lowest BCUT2D eigenvalue weighted by Gasteiger charge is -2.38. The highest BCUT2D eigenvalue weighted by atomic mass is 16.6. The van der Waals surface area contributed by atoms with Gasteiger partial charge in [0.25, 0.3) is 5.91 Å². The van der Waals surface area contributed by atoms with Crippen molar-refractivity contribution in [3.8, 4) is 5.75 Å².